The first-order chi connectivity index (χ1) is 16.2. The van der Waals surface area contributed by atoms with Gasteiger partial charge in [-0.25, -0.2) is 17.6 Å². The second-order valence-electron chi connectivity index (χ2n) is 8.33. The van der Waals surface area contributed by atoms with E-state index >= 15 is 0 Å². The molecule has 1 amide bonds. The number of nitrogens with one attached hydrogen (secondary N) is 1. The summed E-state index contributed by atoms with van der Waals surface area (Å²) < 4.78 is 47.5. The third kappa shape index (κ3) is 4.14. The normalized spacial score (nSPS) is 16.9. The first kappa shape index (κ1) is 22.1. The number of benzene rings is 2. The second kappa shape index (κ2) is 8.25. The Bertz CT molecular complexity index is 1630. The number of rotatable bonds is 5. The quantitative estimate of drug-likeness (QED) is 0.432. The Hall–Kier alpha value is -3.72. The van der Waals surface area contributed by atoms with Crippen molar-refractivity contribution in [2.45, 2.75) is 25.8 Å². The first-order valence-corrected chi connectivity index (χ1v) is 12.4. The highest BCUT2D eigenvalue weighted by molar-refractivity contribution is 7.94. The highest BCUT2D eigenvalue weighted by atomic mass is 32.2. The lowest BCUT2D eigenvalue weighted by molar-refractivity contribution is -0.121. The number of furan rings is 1. The Balaban J connectivity index is 1.44. The van der Waals surface area contributed by atoms with E-state index in [0.717, 1.165) is 21.9 Å². The fourth-order valence-corrected chi connectivity index (χ4v) is 5.47. The molecule has 0 saturated carbocycles. The Morgan fingerprint density at radius 3 is 2.62 bits per heavy atom. The van der Waals surface area contributed by atoms with E-state index in [-0.39, 0.29) is 30.3 Å². The van der Waals surface area contributed by atoms with E-state index in [1.54, 1.807) is 31.4 Å². The van der Waals surface area contributed by atoms with Gasteiger partial charge < -0.3 is 14.2 Å². The van der Waals surface area contributed by atoms with Crippen molar-refractivity contribution in [3.05, 3.63) is 81.5 Å². The predicted octanol–water partition coefficient (Wildman–Crippen LogP) is 4.01. The van der Waals surface area contributed by atoms with E-state index in [1.165, 1.54) is 18.2 Å². The van der Waals surface area contributed by atoms with Gasteiger partial charge in [-0.05, 0) is 48.7 Å². The van der Waals surface area contributed by atoms with Gasteiger partial charge in [0, 0.05) is 39.8 Å². The van der Waals surface area contributed by atoms with Crippen molar-refractivity contribution in [2.75, 3.05) is 5.75 Å². The molecular weight excluding hydrogens is 461 g/mol. The molecule has 174 valence electrons. The van der Waals surface area contributed by atoms with Gasteiger partial charge in [-0.15, -0.1) is 0 Å². The minimum atomic E-state index is -3.27. The zero-order chi connectivity index (χ0) is 24.0. The van der Waals surface area contributed by atoms with Gasteiger partial charge >= 0.3 is 5.63 Å². The molecule has 2 aromatic carbocycles. The van der Waals surface area contributed by atoms with E-state index < -0.39 is 21.5 Å². The molecule has 0 fully saturated rings. The van der Waals surface area contributed by atoms with Gasteiger partial charge in [-0.3, -0.25) is 4.79 Å². The molecule has 1 N–H and O–H groups in total. The highest BCUT2D eigenvalue weighted by Gasteiger charge is 2.23. The molecular formula is C25H20FNO6S. The lowest BCUT2D eigenvalue weighted by Crippen LogP contribution is -2.35. The van der Waals surface area contributed by atoms with Crippen molar-refractivity contribution in [3.8, 4) is 11.1 Å². The van der Waals surface area contributed by atoms with Crippen LogP contribution in [0.5, 0.6) is 0 Å². The van der Waals surface area contributed by atoms with Gasteiger partial charge in [0.1, 0.15) is 17.0 Å². The van der Waals surface area contributed by atoms with E-state index in [1.807, 2.05) is 6.07 Å². The van der Waals surface area contributed by atoms with Crippen LogP contribution in [0.4, 0.5) is 4.39 Å². The van der Waals surface area contributed by atoms with Gasteiger partial charge in [0.2, 0.25) is 5.91 Å². The Labute approximate surface area is 193 Å². The van der Waals surface area contributed by atoms with Crippen molar-refractivity contribution in [1.29, 1.82) is 0 Å². The molecule has 0 radical (unpaired) electrons. The highest BCUT2D eigenvalue weighted by Crippen LogP contribution is 2.34. The van der Waals surface area contributed by atoms with Crippen molar-refractivity contribution in [2.24, 2.45) is 0 Å². The molecule has 0 bridgehead atoms. The van der Waals surface area contributed by atoms with Crippen LogP contribution in [0.15, 0.2) is 67.8 Å². The molecule has 5 rings (SSSR count). The number of amides is 1. The third-order valence-electron chi connectivity index (χ3n) is 6.02. The number of carbonyl (C=O) groups excluding carboxylic acids is 1. The monoisotopic (exact) mass is 481 g/mol. The smallest absolute Gasteiger partial charge is 0.339 e. The summed E-state index contributed by atoms with van der Waals surface area (Å²) in [7, 11) is -3.27. The van der Waals surface area contributed by atoms with E-state index in [4.69, 9.17) is 8.83 Å². The first-order valence-electron chi connectivity index (χ1n) is 10.6. The summed E-state index contributed by atoms with van der Waals surface area (Å²) in [6.45, 7) is 1.79. The SMILES string of the molecule is Cc1c(CCC(=O)N[C@@H]2C=CS(=O)(=O)C2)c(=O)oc2cc3occ(-c4ccc(F)cc4)c3cc12. The fraction of sp³-hybridized carbons (Fsp3) is 0.200. The number of carbonyl (C=O) groups is 1. The molecule has 0 saturated heterocycles. The van der Waals surface area contributed by atoms with Crippen LogP contribution in [-0.4, -0.2) is 26.1 Å². The number of sulfone groups is 1. The van der Waals surface area contributed by atoms with Crippen molar-refractivity contribution in [1.82, 2.24) is 5.32 Å². The standard InChI is InChI=1S/C25H20FNO6S/c1-14-18(6-7-24(28)27-17-8-9-34(30,31)13-17)25(29)33-23-11-22-20(10-19(14)23)21(12-32-22)15-2-4-16(26)5-3-15/h2-5,8-12,17H,6-7,13H2,1H3,(H,27,28)/t17-/m1/s1. The molecule has 1 atom stereocenters. The van der Waals surface area contributed by atoms with Gasteiger partial charge in [0.25, 0.3) is 0 Å². The topological polar surface area (TPSA) is 107 Å². The van der Waals surface area contributed by atoms with Crippen LogP contribution >= 0.6 is 0 Å². The van der Waals surface area contributed by atoms with E-state index in [9.17, 15) is 22.4 Å². The molecule has 9 heteroatoms. The van der Waals surface area contributed by atoms with Crippen LogP contribution in [0.1, 0.15) is 17.5 Å². The minimum absolute atomic E-state index is 0.0102. The summed E-state index contributed by atoms with van der Waals surface area (Å²) in [5.74, 6) is -0.846. The molecule has 2 aromatic heterocycles. The summed E-state index contributed by atoms with van der Waals surface area (Å²) in [5, 5.41) is 5.24. The van der Waals surface area contributed by atoms with Crippen LogP contribution < -0.4 is 10.9 Å². The predicted molar refractivity (Wildman–Crippen MR) is 126 cm³/mol. The van der Waals surface area contributed by atoms with Crippen molar-refractivity contribution >= 4 is 37.7 Å². The molecule has 34 heavy (non-hydrogen) atoms. The summed E-state index contributed by atoms with van der Waals surface area (Å²) in [6, 6.07) is 9.02. The fourth-order valence-electron chi connectivity index (χ4n) is 4.24. The van der Waals surface area contributed by atoms with Crippen LogP contribution in [-0.2, 0) is 21.1 Å². The van der Waals surface area contributed by atoms with Crippen LogP contribution in [0, 0.1) is 12.7 Å². The maximum Gasteiger partial charge on any atom is 0.339 e. The zero-order valence-corrected chi connectivity index (χ0v) is 18.9. The maximum absolute atomic E-state index is 13.3. The summed E-state index contributed by atoms with van der Waals surface area (Å²) in [4.78, 5) is 25.0. The van der Waals surface area contributed by atoms with Crippen LogP contribution in [0.25, 0.3) is 33.1 Å². The lowest BCUT2D eigenvalue weighted by atomic mass is 9.99. The largest absolute Gasteiger partial charge is 0.464 e. The van der Waals surface area contributed by atoms with Crippen LogP contribution in [0.2, 0.25) is 0 Å². The zero-order valence-electron chi connectivity index (χ0n) is 18.1. The third-order valence-corrected chi connectivity index (χ3v) is 7.41. The lowest BCUT2D eigenvalue weighted by Gasteiger charge is -2.11. The number of hydrogen-bond acceptors (Lipinski definition) is 6. The summed E-state index contributed by atoms with van der Waals surface area (Å²) >= 11 is 0. The average Bonchev–Trinajstić information content (AvgIpc) is 3.35. The molecule has 7 nitrogen and oxygen atoms in total. The molecule has 0 spiro atoms. The molecule has 4 aromatic rings. The van der Waals surface area contributed by atoms with Crippen LogP contribution in [0.3, 0.4) is 0 Å². The number of halogens is 1. The molecule has 0 aliphatic carbocycles. The molecule has 1 aliphatic rings. The Kier molecular flexibility index (Phi) is 5.36. The summed E-state index contributed by atoms with van der Waals surface area (Å²) in [5.41, 5.74) is 2.99. The minimum Gasteiger partial charge on any atom is -0.464 e. The Morgan fingerprint density at radius 1 is 1.15 bits per heavy atom. The maximum atomic E-state index is 13.3. The van der Waals surface area contributed by atoms with Crippen molar-refractivity contribution < 1.29 is 26.4 Å². The molecule has 0 unspecified atom stereocenters. The number of hydrogen-bond donors (Lipinski definition) is 1. The average molecular weight is 482 g/mol. The molecule has 1 aliphatic heterocycles. The van der Waals surface area contributed by atoms with E-state index in [2.05, 4.69) is 5.32 Å². The van der Waals surface area contributed by atoms with Gasteiger partial charge in [0.05, 0.1) is 18.1 Å². The van der Waals surface area contributed by atoms with Gasteiger partial charge in [0.15, 0.2) is 9.84 Å². The van der Waals surface area contributed by atoms with Gasteiger partial charge in [-0.1, -0.05) is 12.1 Å². The second-order valence-corrected chi connectivity index (χ2v) is 10.3. The van der Waals surface area contributed by atoms with Gasteiger partial charge in [-0.2, -0.15) is 0 Å². The summed E-state index contributed by atoms with van der Waals surface area (Å²) in [6.07, 6.45) is 3.18. The van der Waals surface area contributed by atoms with Crippen molar-refractivity contribution in [3.63, 3.8) is 0 Å². The molecule has 3 heterocycles. The number of aryl methyl sites for hydroxylation is 1. The van der Waals surface area contributed by atoms with E-state index in [0.29, 0.717) is 27.7 Å². The Morgan fingerprint density at radius 2 is 1.91 bits per heavy atom. The number of fused-ring (bicyclic) bond motifs is 2.